The minimum absolute atomic E-state index is 0.0216. The maximum Gasteiger partial charge on any atom is 0.0568 e. The highest BCUT2D eigenvalue weighted by Crippen LogP contribution is 2.28. The van der Waals surface area contributed by atoms with Gasteiger partial charge in [0.05, 0.1) is 6.10 Å². The van der Waals surface area contributed by atoms with Crippen molar-refractivity contribution in [3.05, 3.63) is 0 Å². The Kier molecular flexibility index (Phi) is 4.62. The minimum Gasteiger partial charge on any atom is -0.393 e. The van der Waals surface area contributed by atoms with Crippen molar-refractivity contribution in [3.8, 4) is 0 Å². The van der Waals surface area contributed by atoms with Crippen molar-refractivity contribution < 1.29 is 9.84 Å². The minimum atomic E-state index is -0.0216. The maximum absolute atomic E-state index is 9.50. The molecule has 0 saturated heterocycles. The Hall–Kier alpha value is -0.0800. The van der Waals surface area contributed by atoms with E-state index in [1.54, 1.807) is 0 Å². The standard InChI is InChI=1S/C10H20O2/c1-2-12-8-4-6-9-5-3-7-10(9)11/h9-11H,2-8H2,1H3. The predicted octanol–water partition coefficient (Wildman–Crippen LogP) is 1.96. The summed E-state index contributed by atoms with van der Waals surface area (Å²) in [5, 5.41) is 9.50. The molecule has 0 spiro atoms. The number of hydrogen-bond acceptors (Lipinski definition) is 2. The molecule has 1 aliphatic rings. The quantitative estimate of drug-likeness (QED) is 0.642. The first-order chi connectivity index (χ1) is 5.84. The smallest absolute Gasteiger partial charge is 0.0568 e. The van der Waals surface area contributed by atoms with Crippen LogP contribution in [0.25, 0.3) is 0 Å². The van der Waals surface area contributed by atoms with Crippen LogP contribution in [0.4, 0.5) is 0 Å². The van der Waals surface area contributed by atoms with E-state index in [4.69, 9.17) is 4.74 Å². The predicted molar refractivity (Wildman–Crippen MR) is 49.1 cm³/mol. The Labute approximate surface area is 74.9 Å². The molecule has 2 heteroatoms. The highest BCUT2D eigenvalue weighted by molar-refractivity contribution is 4.76. The first kappa shape index (κ1) is 10.0. The van der Waals surface area contributed by atoms with Crippen molar-refractivity contribution in [2.24, 2.45) is 5.92 Å². The van der Waals surface area contributed by atoms with Gasteiger partial charge in [-0.1, -0.05) is 6.42 Å². The van der Waals surface area contributed by atoms with Crippen LogP contribution in [-0.4, -0.2) is 24.4 Å². The van der Waals surface area contributed by atoms with Crippen molar-refractivity contribution in [1.82, 2.24) is 0 Å². The second kappa shape index (κ2) is 5.55. The molecule has 1 rings (SSSR count). The summed E-state index contributed by atoms with van der Waals surface area (Å²) in [5.41, 5.74) is 0. The topological polar surface area (TPSA) is 29.5 Å². The molecule has 1 saturated carbocycles. The lowest BCUT2D eigenvalue weighted by Gasteiger charge is -2.13. The highest BCUT2D eigenvalue weighted by atomic mass is 16.5. The van der Waals surface area contributed by atoms with E-state index in [2.05, 4.69) is 0 Å². The lowest BCUT2D eigenvalue weighted by Crippen LogP contribution is -2.13. The second-order valence-electron chi connectivity index (χ2n) is 3.60. The van der Waals surface area contributed by atoms with Crippen LogP contribution in [0.2, 0.25) is 0 Å². The van der Waals surface area contributed by atoms with Gasteiger partial charge in [0.2, 0.25) is 0 Å². The number of ether oxygens (including phenoxy) is 1. The Bertz CT molecular complexity index is 114. The fourth-order valence-electron chi connectivity index (χ4n) is 1.95. The van der Waals surface area contributed by atoms with Crippen molar-refractivity contribution in [2.75, 3.05) is 13.2 Å². The van der Waals surface area contributed by atoms with Gasteiger partial charge < -0.3 is 9.84 Å². The van der Waals surface area contributed by atoms with Gasteiger partial charge in [-0.25, -0.2) is 0 Å². The van der Waals surface area contributed by atoms with Gasteiger partial charge in [-0.05, 0) is 38.5 Å². The molecule has 2 atom stereocenters. The molecule has 1 fully saturated rings. The van der Waals surface area contributed by atoms with Crippen LogP contribution in [0.5, 0.6) is 0 Å². The summed E-state index contributed by atoms with van der Waals surface area (Å²) in [4.78, 5) is 0. The molecule has 0 aromatic heterocycles. The first-order valence-electron chi connectivity index (χ1n) is 5.10. The lowest BCUT2D eigenvalue weighted by atomic mass is 10.0. The molecule has 1 N–H and O–H groups in total. The van der Waals surface area contributed by atoms with Crippen LogP contribution in [0.1, 0.15) is 39.0 Å². The maximum atomic E-state index is 9.50. The lowest BCUT2D eigenvalue weighted by molar-refractivity contribution is 0.107. The number of rotatable bonds is 5. The van der Waals surface area contributed by atoms with Crippen molar-refractivity contribution >= 4 is 0 Å². The first-order valence-corrected chi connectivity index (χ1v) is 5.10. The van der Waals surface area contributed by atoms with Crippen LogP contribution < -0.4 is 0 Å². The van der Waals surface area contributed by atoms with E-state index >= 15 is 0 Å². The van der Waals surface area contributed by atoms with E-state index in [0.29, 0.717) is 5.92 Å². The van der Waals surface area contributed by atoms with Crippen molar-refractivity contribution in [1.29, 1.82) is 0 Å². The van der Waals surface area contributed by atoms with Crippen LogP contribution in [0.15, 0.2) is 0 Å². The van der Waals surface area contributed by atoms with Gasteiger partial charge >= 0.3 is 0 Å². The van der Waals surface area contributed by atoms with E-state index in [1.165, 1.54) is 12.8 Å². The van der Waals surface area contributed by atoms with E-state index in [1.807, 2.05) is 6.92 Å². The van der Waals surface area contributed by atoms with Crippen molar-refractivity contribution in [3.63, 3.8) is 0 Å². The Balaban J connectivity index is 1.98. The summed E-state index contributed by atoms with van der Waals surface area (Å²) in [6, 6.07) is 0. The van der Waals surface area contributed by atoms with Gasteiger partial charge in [0, 0.05) is 13.2 Å². The molecule has 1 aliphatic carbocycles. The van der Waals surface area contributed by atoms with Crippen LogP contribution in [0.3, 0.4) is 0 Å². The molecule has 0 aromatic carbocycles. The number of hydrogen-bond donors (Lipinski definition) is 1. The third-order valence-electron chi connectivity index (χ3n) is 2.69. The van der Waals surface area contributed by atoms with E-state index < -0.39 is 0 Å². The summed E-state index contributed by atoms with van der Waals surface area (Å²) in [7, 11) is 0. The Morgan fingerprint density at radius 3 is 2.83 bits per heavy atom. The summed E-state index contributed by atoms with van der Waals surface area (Å²) in [6.07, 6.45) is 5.66. The fourth-order valence-corrected chi connectivity index (χ4v) is 1.95. The van der Waals surface area contributed by atoms with Crippen LogP contribution in [0, 0.1) is 5.92 Å². The van der Waals surface area contributed by atoms with E-state index in [-0.39, 0.29) is 6.10 Å². The Morgan fingerprint density at radius 1 is 1.42 bits per heavy atom. The molecule has 12 heavy (non-hydrogen) atoms. The molecule has 0 amide bonds. The summed E-state index contributed by atoms with van der Waals surface area (Å²) in [5.74, 6) is 0.561. The molecule has 0 heterocycles. The number of aliphatic hydroxyl groups is 1. The van der Waals surface area contributed by atoms with Gasteiger partial charge in [0.15, 0.2) is 0 Å². The third kappa shape index (κ3) is 3.11. The molecule has 0 aromatic rings. The number of aliphatic hydroxyl groups excluding tert-OH is 1. The average Bonchev–Trinajstić information content (AvgIpc) is 2.46. The summed E-state index contributed by atoms with van der Waals surface area (Å²) in [6.45, 7) is 3.69. The molecule has 0 bridgehead atoms. The molecular formula is C10H20O2. The zero-order valence-corrected chi connectivity index (χ0v) is 7.96. The van der Waals surface area contributed by atoms with Gasteiger partial charge in [-0.15, -0.1) is 0 Å². The molecule has 0 aliphatic heterocycles. The monoisotopic (exact) mass is 172 g/mol. The summed E-state index contributed by atoms with van der Waals surface area (Å²) >= 11 is 0. The average molecular weight is 172 g/mol. The van der Waals surface area contributed by atoms with Gasteiger partial charge in [0.1, 0.15) is 0 Å². The third-order valence-corrected chi connectivity index (χ3v) is 2.69. The molecule has 2 nitrogen and oxygen atoms in total. The second-order valence-corrected chi connectivity index (χ2v) is 3.60. The van der Waals surface area contributed by atoms with E-state index in [9.17, 15) is 5.11 Å². The van der Waals surface area contributed by atoms with E-state index in [0.717, 1.165) is 32.5 Å². The van der Waals surface area contributed by atoms with Gasteiger partial charge in [0.25, 0.3) is 0 Å². The van der Waals surface area contributed by atoms with Crippen molar-refractivity contribution in [2.45, 2.75) is 45.1 Å². The molecular weight excluding hydrogens is 152 g/mol. The largest absolute Gasteiger partial charge is 0.393 e. The Morgan fingerprint density at radius 2 is 2.25 bits per heavy atom. The zero-order chi connectivity index (χ0) is 8.81. The molecule has 0 radical (unpaired) electrons. The SMILES string of the molecule is CCOCCCC1CCCC1O. The van der Waals surface area contributed by atoms with Crippen LogP contribution in [-0.2, 0) is 4.74 Å². The zero-order valence-electron chi connectivity index (χ0n) is 7.96. The van der Waals surface area contributed by atoms with Gasteiger partial charge in [-0.2, -0.15) is 0 Å². The van der Waals surface area contributed by atoms with Crippen LogP contribution >= 0.6 is 0 Å². The normalized spacial score (nSPS) is 29.5. The highest BCUT2D eigenvalue weighted by Gasteiger charge is 2.24. The summed E-state index contributed by atoms with van der Waals surface area (Å²) < 4.78 is 5.25. The van der Waals surface area contributed by atoms with Gasteiger partial charge in [-0.3, -0.25) is 0 Å². The molecule has 72 valence electrons. The molecule has 2 unspecified atom stereocenters. The fraction of sp³-hybridized carbons (Fsp3) is 1.00.